The molecule has 0 unspecified atom stereocenters. The summed E-state index contributed by atoms with van der Waals surface area (Å²) in [4.78, 5) is 18.1. The van der Waals surface area contributed by atoms with Crippen molar-refractivity contribution in [1.82, 2.24) is 10.3 Å². The number of nitrogens with one attached hydrogen (secondary N) is 2. The molecule has 6 nitrogen and oxygen atoms in total. The number of hydrogen-bond donors (Lipinski definition) is 2. The lowest BCUT2D eigenvalue weighted by atomic mass is 9.97. The normalized spacial score (nSPS) is 15.1. The van der Waals surface area contributed by atoms with Crippen LogP contribution in [0, 0.1) is 0 Å². The highest BCUT2D eigenvalue weighted by atomic mass is 32.1. The number of benzene rings is 1. The van der Waals surface area contributed by atoms with Gasteiger partial charge in [-0.15, -0.1) is 11.3 Å². The monoisotopic (exact) mass is 347 g/mol. The molecule has 1 aliphatic rings. The summed E-state index contributed by atoms with van der Waals surface area (Å²) in [5, 5.41) is 6.83. The Kier molecular flexibility index (Phi) is 5.32. The van der Waals surface area contributed by atoms with Gasteiger partial charge in [0.1, 0.15) is 0 Å². The fourth-order valence-corrected chi connectivity index (χ4v) is 3.85. The number of hydrogen-bond acceptors (Lipinski definition) is 6. The van der Waals surface area contributed by atoms with Gasteiger partial charge >= 0.3 is 0 Å². The third kappa shape index (κ3) is 3.52. The van der Waals surface area contributed by atoms with E-state index in [-0.39, 0.29) is 5.91 Å². The Morgan fingerprint density at radius 2 is 2.08 bits per heavy atom. The van der Waals surface area contributed by atoms with E-state index in [4.69, 9.17) is 9.47 Å². The molecule has 1 amide bonds. The molecule has 0 bridgehead atoms. The van der Waals surface area contributed by atoms with Crippen molar-refractivity contribution in [3.8, 4) is 11.5 Å². The molecule has 2 N–H and O–H groups in total. The second-order valence-corrected chi connectivity index (χ2v) is 6.65. The molecule has 2 heterocycles. The third-order valence-electron chi connectivity index (χ3n) is 4.13. The van der Waals surface area contributed by atoms with Gasteiger partial charge in [-0.3, -0.25) is 10.1 Å². The van der Waals surface area contributed by atoms with Crippen molar-refractivity contribution in [3.05, 3.63) is 34.8 Å². The lowest BCUT2D eigenvalue weighted by molar-refractivity contribution is 0.102. The van der Waals surface area contributed by atoms with E-state index in [2.05, 4.69) is 15.6 Å². The van der Waals surface area contributed by atoms with Crippen LogP contribution in [0.1, 0.15) is 34.0 Å². The van der Waals surface area contributed by atoms with Crippen LogP contribution >= 0.6 is 11.3 Å². The standard InChI is InChI=1S/C17H21N3O3S/c1-22-13-5-3-4-12(15(13)23-2)16(21)20-17-19-10-14(24-17)11-6-8-18-9-7-11/h3-5,10-11,18H,6-9H2,1-2H3,(H,19,20,21). The third-order valence-corrected chi connectivity index (χ3v) is 5.21. The van der Waals surface area contributed by atoms with Gasteiger partial charge in [0, 0.05) is 11.1 Å². The fourth-order valence-electron chi connectivity index (χ4n) is 2.87. The molecular weight excluding hydrogens is 326 g/mol. The average Bonchev–Trinajstić information content (AvgIpc) is 3.10. The molecule has 24 heavy (non-hydrogen) atoms. The molecular formula is C17H21N3O3S. The number of amides is 1. The van der Waals surface area contributed by atoms with Crippen molar-refractivity contribution >= 4 is 22.4 Å². The first-order valence-corrected chi connectivity index (χ1v) is 8.73. The molecule has 1 aliphatic heterocycles. The van der Waals surface area contributed by atoms with Crippen LogP contribution in [-0.2, 0) is 0 Å². The van der Waals surface area contributed by atoms with E-state index >= 15 is 0 Å². The topological polar surface area (TPSA) is 72.5 Å². The van der Waals surface area contributed by atoms with Crippen LogP contribution < -0.4 is 20.1 Å². The van der Waals surface area contributed by atoms with Crippen molar-refractivity contribution in [2.24, 2.45) is 0 Å². The van der Waals surface area contributed by atoms with Gasteiger partial charge in [0.25, 0.3) is 5.91 Å². The number of para-hydroxylation sites is 1. The lowest BCUT2D eigenvalue weighted by Gasteiger charge is -2.20. The van der Waals surface area contributed by atoms with Crippen molar-refractivity contribution in [1.29, 1.82) is 0 Å². The smallest absolute Gasteiger partial charge is 0.261 e. The first-order valence-electron chi connectivity index (χ1n) is 7.91. The van der Waals surface area contributed by atoms with E-state index < -0.39 is 0 Å². The maximum atomic E-state index is 12.6. The molecule has 0 spiro atoms. The molecule has 2 aromatic rings. The van der Waals surface area contributed by atoms with Crippen LogP contribution in [0.4, 0.5) is 5.13 Å². The number of ether oxygens (including phenoxy) is 2. The van der Waals surface area contributed by atoms with E-state index in [1.165, 1.54) is 12.0 Å². The van der Waals surface area contributed by atoms with Gasteiger partial charge in [0.2, 0.25) is 0 Å². The SMILES string of the molecule is COc1cccc(C(=O)Nc2ncc(C3CCNCC3)s2)c1OC. The van der Waals surface area contributed by atoms with E-state index in [0.29, 0.717) is 28.1 Å². The number of thiazole rings is 1. The van der Waals surface area contributed by atoms with E-state index in [0.717, 1.165) is 25.9 Å². The zero-order chi connectivity index (χ0) is 16.9. The molecule has 0 saturated carbocycles. The highest BCUT2D eigenvalue weighted by Gasteiger charge is 2.20. The Hall–Kier alpha value is -2.12. The molecule has 1 aromatic heterocycles. The number of rotatable bonds is 5. The van der Waals surface area contributed by atoms with Crippen LogP contribution in [0.3, 0.4) is 0 Å². The van der Waals surface area contributed by atoms with Crippen LogP contribution in [-0.4, -0.2) is 38.2 Å². The first-order chi connectivity index (χ1) is 11.7. The highest BCUT2D eigenvalue weighted by molar-refractivity contribution is 7.15. The number of nitrogens with zero attached hydrogens (tertiary/aromatic N) is 1. The molecule has 0 atom stereocenters. The Bertz CT molecular complexity index is 711. The van der Waals surface area contributed by atoms with Gasteiger partial charge in [-0.05, 0) is 44.0 Å². The minimum absolute atomic E-state index is 0.253. The molecule has 1 fully saturated rings. The summed E-state index contributed by atoms with van der Waals surface area (Å²) in [7, 11) is 3.07. The average molecular weight is 347 g/mol. The highest BCUT2D eigenvalue weighted by Crippen LogP contribution is 2.34. The number of piperidine rings is 1. The van der Waals surface area contributed by atoms with Crippen molar-refractivity contribution in [3.63, 3.8) is 0 Å². The summed E-state index contributed by atoms with van der Waals surface area (Å²) in [5.74, 6) is 1.23. The van der Waals surface area contributed by atoms with E-state index in [1.54, 1.807) is 36.6 Å². The van der Waals surface area contributed by atoms with Crippen LogP contribution in [0.15, 0.2) is 24.4 Å². The zero-order valence-electron chi connectivity index (χ0n) is 13.8. The van der Waals surface area contributed by atoms with E-state index in [9.17, 15) is 4.79 Å². The van der Waals surface area contributed by atoms with Gasteiger partial charge in [-0.25, -0.2) is 4.98 Å². The number of anilines is 1. The fraction of sp³-hybridized carbons (Fsp3) is 0.412. The summed E-state index contributed by atoms with van der Waals surface area (Å²) in [6, 6.07) is 5.23. The summed E-state index contributed by atoms with van der Waals surface area (Å²) >= 11 is 1.54. The van der Waals surface area contributed by atoms with Gasteiger partial charge < -0.3 is 14.8 Å². The largest absolute Gasteiger partial charge is 0.493 e. The molecule has 1 aromatic carbocycles. The number of carbonyl (C=O) groups is 1. The Morgan fingerprint density at radius 3 is 2.79 bits per heavy atom. The molecule has 0 aliphatic carbocycles. The maximum Gasteiger partial charge on any atom is 0.261 e. The molecule has 0 radical (unpaired) electrons. The number of carbonyl (C=O) groups excluding carboxylic acids is 1. The second kappa shape index (κ2) is 7.63. The van der Waals surface area contributed by atoms with Crippen molar-refractivity contribution in [2.45, 2.75) is 18.8 Å². The Labute approximate surface area is 145 Å². The first kappa shape index (κ1) is 16.7. The lowest BCUT2D eigenvalue weighted by Crippen LogP contribution is -2.26. The van der Waals surface area contributed by atoms with Gasteiger partial charge in [-0.1, -0.05) is 6.07 Å². The molecule has 3 rings (SSSR count). The summed E-state index contributed by atoms with van der Waals surface area (Å²) in [5.41, 5.74) is 0.426. The van der Waals surface area contributed by atoms with Gasteiger partial charge in [-0.2, -0.15) is 0 Å². The van der Waals surface area contributed by atoms with E-state index in [1.807, 2.05) is 6.20 Å². The summed E-state index contributed by atoms with van der Waals surface area (Å²) in [6.07, 6.45) is 4.09. The van der Waals surface area contributed by atoms with Gasteiger partial charge in [0.05, 0.1) is 19.8 Å². The predicted octanol–water partition coefficient (Wildman–Crippen LogP) is 2.88. The zero-order valence-corrected chi connectivity index (χ0v) is 14.6. The quantitative estimate of drug-likeness (QED) is 0.870. The number of methoxy groups -OCH3 is 2. The summed E-state index contributed by atoms with van der Waals surface area (Å²) < 4.78 is 10.6. The van der Waals surface area contributed by atoms with Crippen LogP contribution in [0.2, 0.25) is 0 Å². The Morgan fingerprint density at radius 1 is 1.29 bits per heavy atom. The molecule has 128 valence electrons. The molecule has 1 saturated heterocycles. The van der Waals surface area contributed by atoms with Crippen LogP contribution in [0.25, 0.3) is 0 Å². The van der Waals surface area contributed by atoms with Gasteiger partial charge in [0.15, 0.2) is 16.6 Å². The maximum absolute atomic E-state index is 12.6. The summed E-state index contributed by atoms with van der Waals surface area (Å²) in [6.45, 7) is 2.07. The predicted molar refractivity (Wildman–Crippen MR) is 94.5 cm³/mol. The van der Waals surface area contributed by atoms with Crippen molar-refractivity contribution in [2.75, 3.05) is 32.6 Å². The minimum Gasteiger partial charge on any atom is -0.493 e. The Balaban J connectivity index is 1.74. The second-order valence-electron chi connectivity index (χ2n) is 5.59. The number of aromatic nitrogens is 1. The van der Waals surface area contributed by atoms with Crippen molar-refractivity contribution < 1.29 is 14.3 Å². The van der Waals surface area contributed by atoms with Crippen LogP contribution in [0.5, 0.6) is 11.5 Å². The minimum atomic E-state index is -0.253. The molecule has 7 heteroatoms.